The maximum atomic E-state index is 12.2. The smallest absolute Gasteiger partial charge is 0.224 e. The third-order valence-electron chi connectivity index (χ3n) is 4.75. The van der Waals surface area contributed by atoms with Crippen LogP contribution < -0.4 is 20.1 Å². The van der Waals surface area contributed by atoms with Crippen molar-refractivity contribution in [2.45, 2.75) is 44.8 Å². The summed E-state index contributed by atoms with van der Waals surface area (Å²) in [5.74, 6) is 1.83. The van der Waals surface area contributed by atoms with Crippen LogP contribution in [-0.4, -0.2) is 32.2 Å². The second-order valence-electron chi connectivity index (χ2n) is 6.41. The average molecular weight is 355 g/mol. The zero-order valence-corrected chi connectivity index (χ0v) is 15.0. The van der Waals surface area contributed by atoms with Gasteiger partial charge in [0.2, 0.25) is 5.91 Å². The Labute approximate surface area is 149 Å². The van der Waals surface area contributed by atoms with Gasteiger partial charge in [-0.1, -0.05) is 0 Å². The predicted octanol–water partition coefficient (Wildman–Crippen LogP) is 2.66. The standard InChI is InChI=1S/C18H26N2O3.ClH/c1-22-16-7-6-13(12-20-18(21)14-8-9-19-11-14)17(10-16)23-15-4-2-3-5-15;/h6-7,10,14-15,19H,2-5,8-9,11-12H2,1H3,(H,20,21);1H. The van der Waals surface area contributed by atoms with E-state index in [-0.39, 0.29) is 30.3 Å². The van der Waals surface area contributed by atoms with Gasteiger partial charge in [0, 0.05) is 24.7 Å². The van der Waals surface area contributed by atoms with E-state index in [9.17, 15) is 4.79 Å². The van der Waals surface area contributed by atoms with Crippen molar-refractivity contribution in [1.82, 2.24) is 10.6 Å². The maximum absolute atomic E-state index is 12.2. The van der Waals surface area contributed by atoms with Gasteiger partial charge >= 0.3 is 0 Å². The molecule has 2 N–H and O–H groups in total. The molecule has 134 valence electrons. The Bertz CT molecular complexity index is 541. The zero-order chi connectivity index (χ0) is 16.1. The van der Waals surface area contributed by atoms with Crippen molar-refractivity contribution >= 4 is 18.3 Å². The summed E-state index contributed by atoms with van der Waals surface area (Å²) in [5, 5.41) is 6.27. The molecule has 6 heteroatoms. The lowest BCUT2D eigenvalue weighted by molar-refractivity contribution is -0.124. The summed E-state index contributed by atoms with van der Waals surface area (Å²) in [4.78, 5) is 12.2. The molecule has 1 amide bonds. The van der Waals surface area contributed by atoms with Gasteiger partial charge in [0.1, 0.15) is 11.5 Å². The van der Waals surface area contributed by atoms with Gasteiger partial charge in [0.25, 0.3) is 0 Å². The average Bonchev–Trinajstić information content (AvgIpc) is 3.26. The Balaban J connectivity index is 0.00000208. The number of carbonyl (C=O) groups is 1. The Morgan fingerprint density at radius 1 is 1.29 bits per heavy atom. The number of methoxy groups -OCH3 is 1. The minimum atomic E-state index is 0. The number of ether oxygens (including phenoxy) is 2. The second kappa shape index (κ2) is 9.14. The molecule has 1 saturated heterocycles. The van der Waals surface area contributed by atoms with Crippen LogP contribution in [0.1, 0.15) is 37.7 Å². The first-order valence-corrected chi connectivity index (χ1v) is 8.58. The molecule has 2 fully saturated rings. The third kappa shape index (κ3) is 4.77. The minimum absolute atomic E-state index is 0. The van der Waals surface area contributed by atoms with E-state index in [1.54, 1.807) is 7.11 Å². The van der Waals surface area contributed by atoms with Gasteiger partial charge in [-0.3, -0.25) is 4.79 Å². The largest absolute Gasteiger partial charge is 0.497 e. The molecule has 0 spiro atoms. The fourth-order valence-electron chi connectivity index (χ4n) is 3.31. The van der Waals surface area contributed by atoms with E-state index < -0.39 is 0 Å². The number of benzene rings is 1. The lowest BCUT2D eigenvalue weighted by Gasteiger charge is -2.18. The SMILES string of the molecule is COc1ccc(CNC(=O)C2CCNC2)c(OC2CCCC2)c1.Cl. The molecule has 1 unspecified atom stereocenters. The van der Waals surface area contributed by atoms with Crippen molar-refractivity contribution in [3.63, 3.8) is 0 Å². The van der Waals surface area contributed by atoms with E-state index in [2.05, 4.69) is 10.6 Å². The highest BCUT2D eigenvalue weighted by Crippen LogP contribution is 2.30. The molecule has 1 atom stereocenters. The molecule has 3 rings (SSSR count). The van der Waals surface area contributed by atoms with E-state index in [4.69, 9.17) is 9.47 Å². The van der Waals surface area contributed by atoms with E-state index in [0.717, 1.165) is 49.4 Å². The van der Waals surface area contributed by atoms with Gasteiger partial charge in [0.05, 0.1) is 19.1 Å². The van der Waals surface area contributed by atoms with Crippen LogP contribution in [0.2, 0.25) is 0 Å². The molecule has 0 aromatic heterocycles. The van der Waals surface area contributed by atoms with Crippen molar-refractivity contribution in [2.75, 3.05) is 20.2 Å². The minimum Gasteiger partial charge on any atom is -0.497 e. The fraction of sp³-hybridized carbons (Fsp3) is 0.611. The van der Waals surface area contributed by atoms with Crippen LogP contribution in [0.5, 0.6) is 11.5 Å². The fourth-order valence-corrected chi connectivity index (χ4v) is 3.31. The molecule has 1 aliphatic carbocycles. The van der Waals surface area contributed by atoms with Crippen LogP contribution in [0, 0.1) is 5.92 Å². The first kappa shape index (κ1) is 18.9. The number of hydrogen-bond acceptors (Lipinski definition) is 4. The van der Waals surface area contributed by atoms with E-state index in [1.807, 2.05) is 18.2 Å². The first-order valence-electron chi connectivity index (χ1n) is 8.58. The molecule has 1 heterocycles. The van der Waals surface area contributed by atoms with Crippen molar-refractivity contribution in [1.29, 1.82) is 0 Å². The summed E-state index contributed by atoms with van der Waals surface area (Å²) in [5.41, 5.74) is 1.01. The van der Waals surface area contributed by atoms with Gasteiger partial charge < -0.3 is 20.1 Å². The summed E-state index contributed by atoms with van der Waals surface area (Å²) in [6.45, 7) is 2.21. The van der Waals surface area contributed by atoms with Crippen LogP contribution in [0.15, 0.2) is 18.2 Å². The monoisotopic (exact) mass is 354 g/mol. The van der Waals surface area contributed by atoms with Crippen molar-refractivity contribution in [2.24, 2.45) is 5.92 Å². The quantitative estimate of drug-likeness (QED) is 0.824. The Morgan fingerprint density at radius 2 is 2.08 bits per heavy atom. The van der Waals surface area contributed by atoms with Crippen LogP contribution in [0.3, 0.4) is 0 Å². The summed E-state index contributed by atoms with van der Waals surface area (Å²) < 4.78 is 11.5. The lowest BCUT2D eigenvalue weighted by atomic mass is 10.1. The highest BCUT2D eigenvalue weighted by Gasteiger charge is 2.23. The van der Waals surface area contributed by atoms with E-state index in [0.29, 0.717) is 6.54 Å². The zero-order valence-electron chi connectivity index (χ0n) is 14.2. The summed E-state index contributed by atoms with van der Waals surface area (Å²) >= 11 is 0. The van der Waals surface area contributed by atoms with Crippen molar-refractivity contribution < 1.29 is 14.3 Å². The molecular formula is C18H27ClN2O3. The van der Waals surface area contributed by atoms with Crippen LogP contribution in [0.4, 0.5) is 0 Å². The van der Waals surface area contributed by atoms with Gasteiger partial charge in [-0.2, -0.15) is 0 Å². The van der Waals surface area contributed by atoms with Gasteiger partial charge in [-0.25, -0.2) is 0 Å². The van der Waals surface area contributed by atoms with E-state index in [1.165, 1.54) is 12.8 Å². The first-order chi connectivity index (χ1) is 11.3. The number of nitrogens with one attached hydrogen (secondary N) is 2. The second-order valence-corrected chi connectivity index (χ2v) is 6.41. The molecule has 5 nitrogen and oxygen atoms in total. The van der Waals surface area contributed by atoms with Gasteiger partial charge in [0.15, 0.2) is 0 Å². The van der Waals surface area contributed by atoms with Crippen LogP contribution in [-0.2, 0) is 11.3 Å². The summed E-state index contributed by atoms with van der Waals surface area (Å²) in [7, 11) is 1.66. The number of hydrogen-bond donors (Lipinski definition) is 2. The molecular weight excluding hydrogens is 328 g/mol. The predicted molar refractivity (Wildman–Crippen MR) is 95.9 cm³/mol. The van der Waals surface area contributed by atoms with Crippen LogP contribution in [0.25, 0.3) is 0 Å². The molecule has 2 aliphatic rings. The number of carbonyl (C=O) groups excluding carboxylic acids is 1. The normalized spacial score (nSPS) is 20.5. The van der Waals surface area contributed by atoms with Crippen LogP contribution >= 0.6 is 12.4 Å². The molecule has 0 radical (unpaired) electrons. The highest BCUT2D eigenvalue weighted by atomic mass is 35.5. The highest BCUT2D eigenvalue weighted by molar-refractivity contribution is 5.85. The van der Waals surface area contributed by atoms with Gasteiger partial charge in [-0.05, 0) is 50.8 Å². The molecule has 24 heavy (non-hydrogen) atoms. The third-order valence-corrected chi connectivity index (χ3v) is 4.75. The molecule has 0 bridgehead atoms. The Morgan fingerprint density at radius 3 is 2.75 bits per heavy atom. The molecule has 1 saturated carbocycles. The Kier molecular flexibility index (Phi) is 7.18. The molecule has 1 aromatic rings. The number of amides is 1. The van der Waals surface area contributed by atoms with Gasteiger partial charge in [-0.15, -0.1) is 12.4 Å². The van der Waals surface area contributed by atoms with Crippen molar-refractivity contribution in [3.05, 3.63) is 23.8 Å². The lowest BCUT2D eigenvalue weighted by Crippen LogP contribution is -2.31. The number of rotatable bonds is 6. The molecule has 1 aliphatic heterocycles. The Hall–Kier alpha value is -1.46. The topological polar surface area (TPSA) is 59.6 Å². The van der Waals surface area contributed by atoms with E-state index >= 15 is 0 Å². The summed E-state index contributed by atoms with van der Waals surface area (Å²) in [6, 6.07) is 5.83. The maximum Gasteiger partial charge on any atom is 0.224 e. The summed E-state index contributed by atoms with van der Waals surface area (Å²) in [6.07, 6.45) is 5.88. The molecule has 1 aromatic carbocycles. The van der Waals surface area contributed by atoms with Crippen molar-refractivity contribution in [3.8, 4) is 11.5 Å². The number of halogens is 1.